The molecule has 1 fully saturated rings. The molecule has 2 aliphatic rings. The van der Waals surface area contributed by atoms with Gasteiger partial charge < -0.3 is 4.90 Å². The zero-order chi connectivity index (χ0) is 20.8. The molecule has 10 heteroatoms. The number of benzene rings is 2. The van der Waals surface area contributed by atoms with Gasteiger partial charge in [-0.25, -0.2) is 18.4 Å². The van der Waals surface area contributed by atoms with Crippen LogP contribution in [-0.2, 0) is 19.6 Å². The van der Waals surface area contributed by atoms with E-state index in [9.17, 15) is 18.0 Å². The third-order valence-corrected chi connectivity index (χ3v) is 7.09. The lowest BCUT2D eigenvalue weighted by atomic mass is 10.1. The molecule has 0 unspecified atom stereocenters. The first kappa shape index (κ1) is 19.7. The van der Waals surface area contributed by atoms with Gasteiger partial charge in [0.15, 0.2) is 0 Å². The van der Waals surface area contributed by atoms with Crippen LogP contribution in [0.1, 0.15) is 5.56 Å². The van der Waals surface area contributed by atoms with Gasteiger partial charge >= 0.3 is 11.8 Å². The minimum atomic E-state index is -3.77. The standard InChI is InChI=1S/C19H17ClN4O4S/c1-12-2-3-13(20)10-17(12)23-6-8-24(9-7-23)29(27,28)14-4-5-15-16(11-14)22-19(26)18(25)21-15/h2-5,10-11H,6-9H2,1H3. The van der Waals surface area contributed by atoms with Gasteiger partial charge in [0, 0.05) is 36.9 Å². The Bertz CT molecular complexity index is 1250. The molecule has 2 aliphatic heterocycles. The smallest absolute Gasteiger partial charge is 0.338 e. The lowest BCUT2D eigenvalue weighted by Crippen LogP contribution is -2.49. The van der Waals surface area contributed by atoms with Gasteiger partial charge in [0.1, 0.15) is 0 Å². The maximum absolute atomic E-state index is 13.0. The van der Waals surface area contributed by atoms with Crippen LogP contribution in [0, 0.1) is 6.92 Å². The molecular weight excluding hydrogens is 416 g/mol. The van der Waals surface area contributed by atoms with Gasteiger partial charge in [0.25, 0.3) is 0 Å². The number of halogens is 1. The maximum Gasteiger partial charge on any atom is 0.338 e. The van der Waals surface area contributed by atoms with Crippen molar-refractivity contribution >= 4 is 39.1 Å². The Morgan fingerprint density at radius 3 is 2.24 bits per heavy atom. The summed E-state index contributed by atoms with van der Waals surface area (Å²) in [6, 6.07) is 9.70. The number of hydrogen-bond donors (Lipinski definition) is 0. The monoisotopic (exact) mass is 432 g/mol. The molecule has 2 aromatic carbocycles. The number of carbonyl (C=O) groups excluding carboxylic acids is 2. The fourth-order valence-electron chi connectivity index (χ4n) is 3.40. The average Bonchev–Trinajstić information content (AvgIpc) is 2.70. The van der Waals surface area contributed by atoms with Crippen LogP contribution < -0.4 is 15.6 Å². The number of nitrogens with zero attached hydrogens (tertiary/aromatic N) is 4. The Kier molecular flexibility index (Phi) is 4.97. The van der Waals surface area contributed by atoms with Crippen LogP contribution in [0.2, 0.25) is 5.02 Å². The average molecular weight is 433 g/mol. The normalized spacial score (nSPS) is 17.5. The first-order valence-electron chi connectivity index (χ1n) is 8.93. The fourth-order valence-corrected chi connectivity index (χ4v) is 5.01. The summed E-state index contributed by atoms with van der Waals surface area (Å²) in [5.74, 6) is -1.96. The Morgan fingerprint density at radius 1 is 0.897 bits per heavy atom. The van der Waals surface area contributed by atoms with E-state index in [1.165, 1.54) is 22.5 Å². The summed E-state index contributed by atoms with van der Waals surface area (Å²) < 4.78 is 27.5. The van der Waals surface area contributed by atoms with Crippen molar-refractivity contribution in [2.24, 2.45) is 9.98 Å². The van der Waals surface area contributed by atoms with Gasteiger partial charge in [0.05, 0.1) is 15.6 Å². The quantitative estimate of drug-likeness (QED) is 0.656. The number of anilines is 1. The van der Waals surface area contributed by atoms with Crippen LogP contribution >= 0.6 is 11.6 Å². The Hall–Kier alpha value is -2.62. The second-order valence-corrected chi connectivity index (χ2v) is 9.18. The van der Waals surface area contributed by atoms with Crippen LogP contribution in [-0.4, -0.2) is 50.7 Å². The van der Waals surface area contributed by atoms with E-state index in [1.54, 1.807) is 0 Å². The molecule has 150 valence electrons. The summed E-state index contributed by atoms with van der Waals surface area (Å²) in [5.41, 5.74) is 2.07. The van der Waals surface area contributed by atoms with Crippen LogP contribution in [0.4, 0.5) is 5.69 Å². The minimum absolute atomic E-state index is 0.0183. The highest BCUT2D eigenvalue weighted by molar-refractivity contribution is 7.89. The molecule has 8 nitrogen and oxygen atoms in total. The highest BCUT2D eigenvalue weighted by Crippen LogP contribution is 2.26. The van der Waals surface area contributed by atoms with Crippen LogP contribution in [0.3, 0.4) is 0 Å². The summed E-state index contributed by atoms with van der Waals surface area (Å²) in [5, 5.41) is 0.913. The first-order valence-corrected chi connectivity index (χ1v) is 10.7. The van der Waals surface area contributed by atoms with Crippen molar-refractivity contribution < 1.29 is 18.0 Å². The summed E-state index contributed by atoms with van der Waals surface area (Å²) >= 11 is 6.10. The van der Waals surface area contributed by atoms with Crippen LogP contribution in [0.25, 0.3) is 0 Å². The Labute approximate surface area is 172 Å². The number of piperazine rings is 1. The van der Waals surface area contributed by atoms with Gasteiger partial charge in [-0.05, 0) is 42.8 Å². The lowest BCUT2D eigenvalue weighted by molar-refractivity contribution is -0.135. The molecular formula is C19H17ClN4O4S. The number of rotatable bonds is 3. The van der Waals surface area contributed by atoms with E-state index in [2.05, 4.69) is 14.9 Å². The van der Waals surface area contributed by atoms with Crippen molar-refractivity contribution in [1.29, 1.82) is 0 Å². The predicted molar refractivity (Wildman–Crippen MR) is 106 cm³/mol. The molecule has 0 radical (unpaired) electrons. The fraction of sp³-hybridized carbons (Fsp3) is 0.263. The maximum atomic E-state index is 13.0. The number of amides is 2. The Morgan fingerprint density at radius 2 is 1.55 bits per heavy atom. The van der Waals surface area contributed by atoms with Gasteiger partial charge in [-0.1, -0.05) is 17.7 Å². The van der Waals surface area contributed by atoms with Crippen molar-refractivity contribution in [3.8, 4) is 0 Å². The molecule has 1 saturated heterocycles. The first-order chi connectivity index (χ1) is 13.8. The molecule has 0 spiro atoms. The lowest BCUT2D eigenvalue weighted by Gasteiger charge is -2.36. The number of fused-ring (bicyclic) bond motifs is 1. The molecule has 4 rings (SSSR count). The van der Waals surface area contributed by atoms with E-state index in [0.29, 0.717) is 31.2 Å². The molecule has 0 N–H and O–H groups in total. The third-order valence-electron chi connectivity index (χ3n) is 4.96. The molecule has 2 aromatic rings. The number of hydrogen-bond acceptors (Lipinski definition) is 5. The summed E-state index contributed by atoms with van der Waals surface area (Å²) in [6.07, 6.45) is 0. The van der Waals surface area contributed by atoms with E-state index >= 15 is 0 Å². The zero-order valence-corrected chi connectivity index (χ0v) is 17.1. The van der Waals surface area contributed by atoms with Gasteiger partial charge in [-0.2, -0.15) is 4.31 Å². The third kappa shape index (κ3) is 3.68. The summed E-state index contributed by atoms with van der Waals surface area (Å²) in [7, 11) is -3.77. The SMILES string of the molecule is Cc1ccc(Cl)cc1N1CCN(S(=O)(=O)c2ccc3c(c2)=NC(=O)C(=O)N=3)CC1. The molecule has 0 aromatic heterocycles. The highest BCUT2D eigenvalue weighted by Gasteiger charge is 2.29. The highest BCUT2D eigenvalue weighted by atomic mass is 35.5. The van der Waals surface area contributed by atoms with E-state index in [-0.39, 0.29) is 15.6 Å². The van der Waals surface area contributed by atoms with Crippen molar-refractivity contribution in [2.45, 2.75) is 11.8 Å². The van der Waals surface area contributed by atoms with Crippen LogP contribution in [0.5, 0.6) is 0 Å². The van der Waals surface area contributed by atoms with E-state index < -0.39 is 21.8 Å². The number of carbonyl (C=O) groups is 2. The number of sulfonamides is 1. The molecule has 0 atom stereocenters. The largest absolute Gasteiger partial charge is 0.369 e. The van der Waals surface area contributed by atoms with E-state index in [1.807, 2.05) is 25.1 Å². The molecule has 29 heavy (non-hydrogen) atoms. The molecule has 0 bridgehead atoms. The predicted octanol–water partition coefficient (Wildman–Crippen LogP) is 0.465. The van der Waals surface area contributed by atoms with Crippen LogP contribution in [0.15, 0.2) is 51.3 Å². The topological polar surface area (TPSA) is 99.5 Å². The zero-order valence-electron chi connectivity index (χ0n) is 15.5. The van der Waals surface area contributed by atoms with E-state index in [0.717, 1.165) is 11.3 Å². The van der Waals surface area contributed by atoms with Crippen molar-refractivity contribution in [1.82, 2.24) is 4.31 Å². The molecule has 2 heterocycles. The van der Waals surface area contributed by atoms with Crippen molar-refractivity contribution in [3.63, 3.8) is 0 Å². The van der Waals surface area contributed by atoms with Crippen molar-refractivity contribution in [3.05, 3.63) is 57.7 Å². The van der Waals surface area contributed by atoms with Crippen molar-refractivity contribution in [2.75, 3.05) is 31.1 Å². The molecule has 0 aliphatic carbocycles. The van der Waals surface area contributed by atoms with Gasteiger partial charge in [-0.3, -0.25) is 9.59 Å². The second kappa shape index (κ2) is 7.33. The van der Waals surface area contributed by atoms with Gasteiger partial charge in [-0.15, -0.1) is 0 Å². The number of aryl methyl sites for hydroxylation is 1. The van der Waals surface area contributed by atoms with Gasteiger partial charge in [0.2, 0.25) is 10.0 Å². The minimum Gasteiger partial charge on any atom is -0.369 e. The molecule has 0 saturated carbocycles. The van der Waals surface area contributed by atoms with E-state index in [4.69, 9.17) is 11.6 Å². The molecule has 2 amide bonds. The Balaban J connectivity index is 1.57. The summed E-state index contributed by atoms with van der Waals surface area (Å²) in [6.45, 7) is 3.66. The second-order valence-electron chi connectivity index (χ2n) is 6.81. The summed E-state index contributed by atoms with van der Waals surface area (Å²) in [4.78, 5) is 32.2.